The number of rotatable bonds is 5. The molecule has 0 radical (unpaired) electrons. The standard InChI is InChI=1S/C16H26N4O2/c1-19(12-14-3-2-4-15(14)21)11-13-9-17-16(18-10-13)20-5-7-22-8-6-20/h9-10,14-15,21H,2-8,11-12H2,1H3. The Kier molecular flexibility index (Phi) is 5.23. The number of nitrogens with zero attached hydrogens (tertiary/aromatic N) is 4. The van der Waals surface area contributed by atoms with Gasteiger partial charge in [0.1, 0.15) is 0 Å². The number of hydrogen-bond donors (Lipinski definition) is 1. The van der Waals surface area contributed by atoms with Gasteiger partial charge < -0.3 is 19.6 Å². The van der Waals surface area contributed by atoms with Gasteiger partial charge in [0.15, 0.2) is 0 Å². The van der Waals surface area contributed by atoms with Crippen molar-refractivity contribution in [3.63, 3.8) is 0 Å². The van der Waals surface area contributed by atoms with E-state index in [9.17, 15) is 5.11 Å². The summed E-state index contributed by atoms with van der Waals surface area (Å²) in [7, 11) is 2.10. The average molecular weight is 306 g/mol. The Bertz CT molecular complexity index is 462. The maximum absolute atomic E-state index is 9.92. The molecule has 1 N–H and O–H groups in total. The van der Waals surface area contributed by atoms with E-state index in [1.807, 2.05) is 12.4 Å². The SMILES string of the molecule is CN(Cc1cnc(N2CCOCC2)nc1)CC1CCCC1O. The van der Waals surface area contributed by atoms with Crippen molar-refractivity contribution < 1.29 is 9.84 Å². The molecule has 2 aliphatic rings. The third-order valence-corrected chi connectivity index (χ3v) is 4.60. The molecule has 1 aromatic rings. The number of ether oxygens (including phenoxy) is 1. The molecule has 1 saturated heterocycles. The first kappa shape index (κ1) is 15.6. The molecule has 2 fully saturated rings. The molecule has 22 heavy (non-hydrogen) atoms. The number of aliphatic hydroxyl groups excluding tert-OH is 1. The number of anilines is 1. The van der Waals surface area contributed by atoms with Crippen LogP contribution in [0.15, 0.2) is 12.4 Å². The lowest BCUT2D eigenvalue weighted by Crippen LogP contribution is -2.37. The van der Waals surface area contributed by atoms with Crippen LogP contribution in [0.3, 0.4) is 0 Å². The fraction of sp³-hybridized carbons (Fsp3) is 0.750. The molecule has 2 unspecified atom stereocenters. The molecule has 6 heteroatoms. The van der Waals surface area contributed by atoms with E-state index in [0.29, 0.717) is 5.92 Å². The maximum Gasteiger partial charge on any atom is 0.225 e. The van der Waals surface area contributed by atoms with Gasteiger partial charge >= 0.3 is 0 Å². The third kappa shape index (κ3) is 3.94. The lowest BCUT2D eigenvalue weighted by molar-refractivity contribution is 0.108. The Morgan fingerprint density at radius 1 is 1.27 bits per heavy atom. The summed E-state index contributed by atoms with van der Waals surface area (Å²) in [6, 6.07) is 0. The van der Waals surface area contributed by atoms with Crippen molar-refractivity contribution in [2.75, 3.05) is 44.8 Å². The number of aromatic nitrogens is 2. The molecule has 0 aromatic carbocycles. The van der Waals surface area contributed by atoms with Crippen molar-refractivity contribution in [2.24, 2.45) is 5.92 Å². The molecule has 1 saturated carbocycles. The second kappa shape index (κ2) is 7.35. The van der Waals surface area contributed by atoms with Crippen LogP contribution in [0.5, 0.6) is 0 Å². The van der Waals surface area contributed by atoms with E-state index < -0.39 is 0 Å². The molecule has 2 atom stereocenters. The summed E-state index contributed by atoms with van der Waals surface area (Å²) in [5.41, 5.74) is 1.12. The Hall–Kier alpha value is -1.24. The summed E-state index contributed by atoms with van der Waals surface area (Å²) in [5.74, 6) is 1.21. The van der Waals surface area contributed by atoms with Gasteiger partial charge in [-0.2, -0.15) is 0 Å². The molecular weight excluding hydrogens is 280 g/mol. The van der Waals surface area contributed by atoms with Gasteiger partial charge in [-0.05, 0) is 25.8 Å². The fourth-order valence-electron chi connectivity index (χ4n) is 3.36. The zero-order chi connectivity index (χ0) is 15.4. The fourth-order valence-corrected chi connectivity index (χ4v) is 3.36. The molecular formula is C16H26N4O2. The Labute approximate surface area is 132 Å². The van der Waals surface area contributed by atoms with Gasteiger partial charge in [-0.15, -0.1) is 0 Å². The predicted molar refractivity (Wildman–Crippen MR) is 84.7 cm³/mol. The topological polar surface area (TPSA) is 61.7 Å². The van der Waals surface area contributed by atoms with Gasteiger partial charge in [-0.1, -0.05) is 6.42 Å². The summed E-state index contributed by atoms with van der Waals surface area (Å²) >= 11 is 0. The number of aliphatic hydroxyl groups is 1. The van der Waals surface area contributed by atoms with Gasteiger partial charge in [0, 0.05) is 44.1 Å². The molecule has 122 valence electrons. The molecule has 6 nitrogen and oxygen atoms in total. The van der Waals surface area contributed by atoms with Crippen molar-refractivity contribution in [1.82, 2.24) is 14.9 Å². The zero-order valence-electron chi connectivity index (χ0n) is 13.3. The van der Waals surface area contributed by atoms with E-state index in [1.54, 1.807) is 0 Å². The van der Waals surface area contributed by atoms with E-state index in [0.717, 1.165) is 70.2 Å². The lowest BCUT2D eigenvalue weighted by Gasteiger charge is -2.27. The van der Waals surface area contributed by atoms with E-state index >= 15 is 0 Å². The highest BCUT2D eigenvalue weighted by Gasteiger charge is 2.26. The average Bonchev–Trinajstić information content (AvgIpc) is 2.94. The second-order valence-corrected chi connectivity index (χ2v) is 6.45. The number of hydrogen-bond acceptors (Lipinski definition) is 6. The van der Waals surface area contributed by atoms with Crippen LogP contribution in [0.1, 0.15) is 24.8 Å². The molecule has 0 amide bonds. The minimum absolute atomic E-state index is 0.123. The Morgan fingerprint density at radius 3 is 2.64 bits per heavy atom. The molecule has 3 rings (SSSR count). The van der Waals surface area contributed by atoms with Gasteiger partial charge in [0.05, 0.1) is 19.3 Å². The number of morpholine rings is 1. The van der Waals surface area contributed by atoms with Gasteiger partial charge in [0.2, 0.25) is 5.95 Å². The van der Waals surface area contributed by atoms with E-state index in [-0.39, 0.29) is 6.10 Å². The van der Waals surface area contributed by atoms with Crippen LogP contribution in [0, 0.1) is 5.92 Å². The zero-order valence-corrected chi connectivity index (χ0v) is 13.3. The minimum atomic E-state index is -0.123. The van der Waals surface area contributed by atoms with Crippen molar-refractivity contribution in [2.45, 2.75) is 31.9 Å². The quantitative estimate of drug-likeness (QED) is 0.872. The van der Waals surface area contributed by atoms with Crippen LogP contribution in [-0.4, -0.2) is 66.0 Å². The molecule has 2 heterocycles. The maximum atomic E-state index is 9.92. The van der Waals surface area contributed by atoms with Crippen molar-refractivity contribution in [3.05, 3.63) is 18.0 Å². The van der Waals surface area contributed by atoms with Gasteiger partial charge in [-0.3, -0.25) is 0 Å². The third-order valence-electron chi connectivity index (χ3n) is 4.60. The summed E-state index contributed by atoms with van der Waals surface area (Å²) in [5, 5.41) is 9.92. The molecule has 0 spiro atoms. The Morgan fingerprint density at radius 2 is 2.00 bits per heavy atom. The van der Waals surface area contributed by atoms with Crippen LogP contribution < -0.4 is 4.90 Å². The summed E-state index contributed by atoms with van der Waals surface area (Å²) in [4.78, 5) is 13.4. The van der Waals surface area contributed by atoms with Crippen LogP contribution in [-0.2, 0) is 11.3 Å². The van der Waals surface area contributed by atoms with Crippen LogP contribution in [0.25, 0.3) is 0 Å². The molecule has 1 aromatic heterocycles. The highest BCUT2D eigenvalue weighted by atomic mass is 16.5. The summed E-state index contributed by atoms with van der Waals surface area (Å²) in [6.45, 7) is 4.98. The van der Waals surface area contributed by atoms with Crippen LogP contribution >= 0.6 is 0 Å². The molecule has 1 aliphatic heterocycles. The monoisotopic (exact) mass is 306 g/mol. The minimum Gasteiger partial charge on any atom is -0.393 e. The first-order chi connectivity index (χ1) is 10.7. The van der Waals surface area contributed by atoms with Crippen molar-refractivity contribution in [3.8, 4) is 0 Å². The molecule has 1 aliphatic carbocycles. The van der Waals surface area contributed by atoms with E-state index in [2.05, 4.69) is 26.8 Å². The summed E-state index contributed by atoms with van der Waals surface area (Å²) in [6.07, 6.45) is 6.95. The summed E-state index contributed by atoms with van der Waals surface area (Å²) < 4.78 is 5.35. The molecule has 0 bridgehead atoms. The highest BCUT2D eigenvalue weighted by molar-refractivity contribution is 5.30. The second-order valence-electron chi connectivity index (χ2n) is 6.45. The predicted octanol–water partition coefficient (Wildman–Crippen LogP) is 0.906. The van der Waals surface area contributed by atoms with Crippen molar-refractivity contribution >= 4 is 5.95 Å². The first-order valence-electron chi connectivity index (χ1n) is 8.22. The van der Waals surface area contributed by atoms with Gasteiger partial charge in [-0.25, -0.2) is 9.97 Å². The van der Waals surface area contributed by atoms with E-state index in [4.69, 9.17) is 4.74 Å². The van der Waals surface area contributed by atoms with E-state index in [1.165, 1.54) is 0 Å². The van der Waals surface area contributed by atoms with Crippen molar-refractivity contribution in [1.29, 1.82) is 0 Å². The van der Waals surface area contributed by atoms with Crippen LogP contribution in [0.2, 0.25) is 0 Å². The normalized spacial score (nSPS) is 25.9. The van der Waals surface area contributed by atoms with Gasteiger partial charge in [0.25, 0.3) is 0 Å². The highest BCUT2D eigenvalue weighted by Crippen LogP contribution is 2.26. The Balaban J connectivity index is 1.51. The smallest absolute Gasteiger partial charge is 0.225 e. The van der Waals surface area contributed by atoms with Crippen LogP contribution in [0.4, 0.5) is 5.95 Å². The first-order valence-corrected chi connectivity index (χ1v) is 8.22. The largest absolute Gasteiger partial charge is 0.393 e. The lowest BCUT2D eigenvalue weighted by atomic mass is 10.1.